The molecule has 0 radical (unpaired) electrons. The van der Waals surface area contributed by atoms with Crippen molar-refractivity contribution in [3.05, 3.63) is 0 Å². The van der Waals surface area contributed by atoms with Crippen LogP contribution in [0.4, 0.5) is 0 Å². The molecule has 0 bridgehead atoms. The minimum Gasteiger partial charge on any atom is -0.375 e. The summed E-state index contributed by atoms with van der Waals surface area (Å²) < 4.78 is 29.1. The molecule has 0 spiro atoms. The summed E-state index contributed by atoms with van der Waals surface area (Å²) in [4.78, 5) is 0. The van der Waals surface area contributed by atoms with Crippen molar-refractivity contribution >= 4 is 8.80 Å². The average molecular weight is 347 g/mol. The molecule has 0 amide bonds. The van der Waals surface area contributed by atoms with Gasteiger partial charge in [0, 0.05) is 25.9 Å². The molecule has 6 heteroatoms. The summed E-state index contributed by atoms with van der Waals surface area (Å²) in [6.07, 6.45) is 6.77. The fourth-order valence-electron chi connectivity index (χ4n) is 3.45. The predicted octanol–water partition coefficient (Wildman–Crippen LogP) is 3.40. The van der Waals surface area contributed by atoms with Crippen LogP contribution in [-0.2, 0) is 22.8 Å². The predicted molar refractivity (Wildman–Crippen MR) is 91.5 cm³/mol. The SMILES string of the molecule is CCO[Si](CCC1CCCC(OCC2CO2)C1)(OCC)OCC. The van der Waals surface area contributed by atoms with Gasteiger partial charge >= 0.3 is 8.80 Å². The lowest BCUT2D eigenvalue weighted by molar-refractivity contribution is 0.00375. The molecule has 3 unspecified atom stereocenters. The van der Waals surface area contributed by atoms with Gasteiger partial charge in [0.2, 0.25) is 0 Å². The van der Waals surface area contributed by atoms with Gasteiger partial charge in [0.25, 0.3) is 0 Å². The molecular weight excluding hydrogens is 312 g/mol. The van der Waals surface area contributed by atoms with Gasteiger partial charge in [-0.2, -0.15) is 0 Å². The minimum absolute atomic E-state index is 0.365. The van der Waals surface area contributed by atoms with Crippen LogP contribution in [0, 0.1) is 5.92 Å². The van der Waals surface area contributed by atoms with Crippen LogP contribution in [0.3, 0.4) is 0 Å². The van der Waals surface area contributed by atoms with Crippen molar-refractivity contribution in [1.29, 1.82) is 0 Å². The summed E-state index contributed by atoms with van der Waals surface area (Å²) in [5, 5.41) is 0. The van der Waals surface area contributed by atoms with Gasteiger partial charge in [-0.05, 0) is 46.0 Å². The molecule has 3 atom stereocenters. The van der Waals surface area contributed by atoms with Crippen LogP contribution in [0.2, 0.25) is 6.04 Å². The molecule has 1 aliphatic heterocycles. The normalized spacial score (nSPS) is 28.0. The topological polar surface area (TPSA) is 49.5 Å². The molecule has 1 saturated heterocycles. The zero-order chi connectivity index (χ0) is 16.5. The second-order valence-corrected chi connectivity index (χ2v) is 9.20. The molecule has 2 rings (SSSR count). The van der Waals surface area contributed by atoms with Crippen LogP contribution < -0.4 is 0 Å². The van der Waals surface area contributed by atoms with Crippen molar-refractivity contribution < 1.29 is 22.8 Å². The van der Waals surface area contributed by atoms with Gasteiger partial charge in [-0.25, -0.2) is 0 Å². The highest BCUT2D eigenvalue weighted by molar-refractivity contribution is 6.60. The van der Waals surface area contributed by atoms with Crippen LogP contribution in [0.1, 0.15) is 52.9 Å². The molecule has 1 saturated carbocycles. The molecule has 136 valence electrons. The summed E-state index contributed by atoms with van der Waals surface area (Å²) in [5.74, 6) is 0.696. The third kappa shape index (κ3) is 6.80. The maximum atomic E-state index is 6.00. The van der Waals surface area contributed by atoms with Gasteiger partial charge in [0.15, 0.2) is 0 Å². The summed E-state index contributed by atoms with van der Waals surface area (Å²) in [6, 6.07) is 0.922. The lowest BCUT2D eigenvalue weighted by Gasteiger charge is -2.33. The van der Waals surface area contributed by atoms with E-state index < -0.39 is 8.80 Å². The second-order valence-electron chi connectivity index (χ2n) is 6.46. The molecule has 0 aromatic rings. The maximum Gasteiger partial charge on any atom is 0.500 e. The Kier molecular flexibility index (Phi) is 8.50. The third-order valence-corrected chi connectivity index (χ3v) is 7.69. The largest absolute Gasteiger partial charge is 0.500 e. The van der Waals surface area contributed by atoms with Gasteiger partial charge in [-0.3, -0.25) is 0 Å². The van der Waals surface area contributed by atoms with Crippen LogP contribution in [-0.4, -0.2) is 54.0 Å². The molecule has 5 nitrogen and oxygen atoms in total. The monoisotopic (exact) mass is 346 g/mol. The number of hydrogen-bond donors (Lipinski definition) is 0. The third-order valence-electron chi connectivity index (χ3n) is 4.61. The first-order valence-corrected chi connectivity index (χ1v) is 11.3. The van der Waals surface area contributed by atoms with Crippen molar-refractivity contribution in [2.45, 2.75) is 71.1 Å². The second kappa shape index (κ2) is 10.1. The van der Waals surface area contributed by atoms with E-state index in [1.165, 1.54) is 19.3 Å². The quantitative estimate of drug-likeness (QED) is 0.400. The van der Waals surface area contributed by atoms with Crippen LogP contribution in [0.15, 0.2) is 0 Å². The molecule has 2 aliphatic rings. The highest BCUT2D eigenvalue weighted by Crippen LogP contribution is 2.32. The van der Waals surface area contributed by atoms with Crippen LogP contribution in [0.5, 0.6) is 0 Å². The van der Waals surface area contributed by atoms with E-state index in [-0.39, 0.29) is 0 Å². The van der Waals surface area contributed by atoms with E-state index in [1.807, 2.05) is 20.8 Å². The summed E-state index contributed by atoms with van der Waals surface area (Å²) in [5.41, 5.74) is 0. The minimum atomic E-state index is -2.49. The first-order chi connectivity index (χ1) is 11.2. The molecule has 0 aromatic carbocycles. The van der Waals surface area contributed by atoms with Crippen molar-refractivity contribution in [1.82, 2.24) is 0 Å². The van der Waals surface area contributed by atoms with E-state index >= 15 is 0 Å². The number of ether oxygens (including phenoxy) is 2. The van der Waals surface area contributed by atoms with E-state index in [1.54, 1.807) is 0 Å². The molecule has 23 heavy (non-hydrogen) atoms. The first-order valence-electron chi connectivity index (χ1n) is 9.36. The van der Waals surface area contributed by atoms with Gasteiger partial charge in [-0.15, -0.1) is 0 Å². The lowest BCUT2D eigenvalue weighted by Crippen LogP contribution is -2.46. The Morgan fingerprint density at radius 1 is 1.00 bits per heavy atom. The Morgan fingerprint density at radius 3 is 2.22 bits per heavy atom. The smallest absolute Gasteiger partial charge is 0.375 e. The standard InChI is InChI=1S/C17H34O5Si/c1-4-20-23(21-5-2,22-6-3)11-10-15-8-7-9-16(12-15)18-13-17-14-19-17/h15-17H,4-14H2,1-3H3. The Balaban J connectivity index is 1.77. The van der Waals surface area contributed by atoms with E-state index in [4.69, 9.17) is 22.8 Å². The van der Waals surface area contributed by atoms with Gasteiger partial charge in [0.1, 0.15) is 6.10 Å². The molecular formula is C17H34O5Si. The van der Waals surface area contributed by atoms with Crippen molar-refractivity contribution in [2.75, 3.05) is 33.0 Å². The van der Waals surface area contributed by atoms with Crippen molar-refractivity contribution in [3.8, 4) is 0 Å². The molecule has 2 fully saturated rings. The van der Waals surface area contributed by atoms with E-state index in [9.17, 15) is 0 Å². The lowest BCUT2D eigenvalue weighted by atomic mass is 9.85. The average Bonchev–Trinajstić information content (AvgIpc) is 3.37. The fraction of sp³-hybridized carbons (Fsp3) is 1.00. The Hall–Kier alpha value is 0.0169. The van der Waals surface area contributed by atoms with E-state index in [0.29, 0.717) is 37.9 Å². The molecule has 1 aliphatic carbocycles. The fourth-order valence-corrected chi connectivity index (χ4v) is 6.21. The summed E-state index contributed by atoms with van der Waals surface area (Å²) in [7, 11) is -2.49. The Bertz CT molecular complexity index is 307. The zero-order valence-corrected chi connectivity index (χ0v) is 16.1. The van der Waals surface area contributed by atoms with Crippen LogP contribution in [0.25, 0.3) is 0 Å². The zero-order valence-electron chi connectivity index (χ0n) is 15.1. The van der Waals surface area contributed by atoms with Gasteiger partial charge in [-0.1, -0.05) is 12.8 Å². The van der Waals surface area contributed by atoms with Gasteiger partial charge in [0.05, 0.1) is 19.3 Å². The number of hydrogen-bond acceptors (Lipinski definition) is 5. The highest BCUT2D eigenvalue weighted by Gasteiger charge is 2.41. The Labute approximate surface area is 142 Å². The van der Waals surface area contributed by atoms with E-state index in [2.05, 4.69) is 0 Å². The van der Waals surface area contributed by atoms with E-state index in [0.717, 1.165) is 32.1 Å². The van der Waals surface area contributed by atoms with Crippen molar-refractivity contribution in [3.63, 3.8) is 0 Å². The summed E-state index contributed by atoms with van der Waals surface area (Å²) in [6.45, 7) is 9.67. The molecule has 1 heterocycles. The number of rotatable bonds is 12. The molecule has 0 N–H and O–H groups in total. The molecule has 0 aromatic heterocycles. The van der Waals surface area contributed by atoms with Crippen molar-refractivity contribution in [2.24, 2.45) is 5.92 Å². The first kappa shape index (κ1) is 19.3. The summed E-state index contributed by atoms with van der Waals surface area (Å²) >= 11 is 0. The number of epoxide rings is 1. The van der Waals surface area contributed by atoms with Gasteiger partial charge < -0.3 is 22.8 Å². The maximum absolute atomic E-state index is 6.00. The highest BCUT2D eigenvalue weighted by atomic mass is 28.4. The van der Waals surface area contributed by atoms with Crippen LogP contribution >= 0.6 is 0 Å². The Morgan fingerprint density at radius 2 is 1.65 bits per heavy atom.